The van der Waals surface area contributed by atoms with E-state index in [0.717, 1.165) is 63.5 Å². The van der Waals surface area contributed by atoms with E-state index in [0.29, 0.717) is 5.56 Å². The molecule has 8 heteroatoms. The maximum atomic E-state index is 12.3. The highest BCUT2D eigenvalue weighted by atomic mass is 19.3. The Kier molecular flexibility index (Phi) is 7.53. The maximum Gasteiger partial charge on any atom is 0.387 e. The van der Waals surface area contributed by atoms with Crippen molar-refractivity contribution >= 4 is 5.69 Å². The van der Waals surface area contributed by atoms with E-state index in [2.05, 4.69) is 25.9 Å². The number of morpholine rings is 2. The molecule has 6 nitrogen and oxygen atoms in total. The minimum Gasteiger partial charge on any atom is -0.435 e. The molecule has 2 aromatic carbocycles. The summed E-state index contributed by atoms with van der Waals surface area (Å²) in [6, 6.07) is 16.5. The number of nitriles is 1. The highest BCUT2D eigenvalue weighted by molar-refractivity contribution is 5.47. The molecule has 4 rings (SSSR count). The van der Waals surface area contributed by atoms with Gasteiger partial charge in [0, 0.05) is 51.5 Å². The smallest absolute Gasteiger partial charge is 0.387 e. The average Bonchev–Trinajstić information content (AvgIpc) is 2.77. The summed E-state index contributed by atoms with van der Waals surface area (Å²) in [6.07, 6.45) is 1.42. The second-order valence-corrected chi connectivity index (χ2v) is 8.33. The monoisotopic (exact) mass is 442 g/mol. The molecule has 2 bridgehead atoms. The Morgan fingerprint density at radius 3 is 2.28 bits per heavy atom. The van der Waals surface area contributed by atoms with E-state index in [1.54, 1.807) is 12.1 Å². The summed E-state index contributed by atoms with van der Waals surface area (Å²) in [5.74, 6) is 0.187. The Labute approximate surface area is 187 Å². The number of ether oxygens (including phenoxy) is 2. The fourth-order valence-electron chi connectivity index (χ4n) is 4.40. The van der Waals surface area contributed by atoms with Gasteiger partial charge >= 0.3 is 6.61 Å². The molecule has 2 aromatic rings. The predicted octanol–water partition coefficient (Wildman–Crippen LogP) is 3.55. The van der Waals surface area contributed by atoms with Crippen LogP contribution in [0.4, 0.5) is 14.5 Å². The third-order valence-corrected chi connectivity index (χ3v) is 5.78. The minimum atomic E-state index is -2.80. The average molecular weight is 443 g/mol. The van der Waals surface area contributed by atoms with Crippen molar-refractivity contribution < 1.29 is 18.3 Å². The number of nitrogens with zero attached hydrogens (tertiary/aromatic N) is 3. The summed E-state index contributed by atoms with van der Waals surface area (Å²) < 4.78 is 35.2. The van der Waals surface area contributed by atoms with Crippen LogP contribution in [0.15, 0.2) is 48.5 Å². The number of fused-ring (bicyclic) bond motifs is 2. The second-order valence-electron chi connectivity index (χ2n) is 8.33. The number of benzene rings is 2. The molecule has 2 saturated heterocycles. The number of alkyl halides is 2. The molecule has 2 unspecified atom stereocenters. The summed E-state index contributed by atoms with van der Waals surface area (Å²) in [5, 5.41) is 12.3. The van der Waals surface area contributed by atoms with Gasteiger partial charge in [-0.05, 0) is 48.4 Å². The quantitative estimate of drug-likeness (QED) is 0.600. The van der Waals surface area contributed by atoms with Gasteiger partial charge in [0.25, 0.3) is 0 Å². The normalized spacial score (nSPS) is 21.3. The van der Waals surface area contributed by atoms with Gasteiger partial charge in [-0.15, -0.1) is 0 Å². The number of hydrogen-bond acceptors (Lipinski definition) is 6. The van der Waals surface area contributed by atoms with Crippen molar-refractivity contribution in [1.29, 1.82) is 5.26 Å². The fourth-order valence-corrected chi connectivity index (χ4v) is 4.40. The first-order chi connectivity index (χ1) is 15.6. The van der Waals surface area contributed by atoms with E-state index in [4.69, 9.17) is 10.00 Å². The molecule has 2 aliphatic rings. The Bertz CT molecular complexity index is 888. The van der Waals surface area contributed by atoms with Crippen molar-refractivity contribution in [2.45, 2.75) is 31.8 Å². The summed E-state index contributed by atoms with van der Waals surface area (Å²) >= 11 is 0. The summed E-state index contributed by atoms with van der Waals surface area (Å²) in [6.45, 7) is 3.46. The first-order valence-corrected chi connectivity index (χ1v) is 11.0. The molecule has 0 saturated carbocycles. The second kappa shape index (κ2) is 10.7. The summed E-state index contributed by atoms with van der Waals surface area (Å²) in [7, 11) is 0. The maximum absolute atomic E-state index is 12.3. The van der Waals surface area contributed by atoms with E-state index in [1.807, 2.05) is 36.4 Å². The standard InChI is InChI=1S/C24H28F2N4O2/c25-24(26)32-21-8-4-19(5-9-21)13-30-16-22-14-29(15-23(17-30)31-22)11-1-10-28-20-6-2-18(12-27)3-7-20/h2-9,22-24,28H,1,10-11,13-17H2. The van der Waals surface area contributed by atoms with Crippen molar-refractivity contribution in [3.8, 4) is 11.8 Å². The molecule has 1 N–H and O–H groups in total. The van der Waals surface area contributed by atoms with E-state index in [9.17, 15) is 8.78 Å². The molecule has 0 amide bonds. The molecule has 0 spiro atoms. The number of halogens is 2. The molecule has 2 atom stereocenters. The predicted molar refractivity (Wildman–Crippen MR) is 118 cm³/mol. The molecule has 0 radical (unpaired) electrons. The van der Waals surface area contributed by atoms with Gasteiger partial charge in [-0.25, -0.2) is 0 Å². The van der Waals surface area contributed by atoms with Crippen molar-refractivity contribution in [2.24, 2.45) is 0 Å². The molecular formula is C24H28F2N4O2. The van der Waals surface area contributed by atoms with Crippen LogP contribution in [0, 0.1) is 11.3 Å². The number of nitrogens with one attached hydrogen (secondary N) is 1. The molecule has 2 aliphatic heterocycles. The topological polar surface area (TPSA) is 60.8 Å². The highest BCUT2D eigenvalue weighted by Gasteiger charge is 2.34. The lowest BCUT2D eigenvalue weighted by atomic mass is 10.1. The van der Waals surface area contributed by atoms with Crippen molar-refractivity contribution in [1.82, 2.24) is 9.80 Å². The van der Waals surface area contributed by atoms with Crippen LogP contribution in [-0.2, 0) is 11.3 Å². The van der Waals surface area contributed by atoms with E-state index >= 15 is 0 Å². The molecule has 2 fully saturated rings. The van der Waals surface area contributed by atoms with Gasteiger partial charge in [-0.3, -0.25) is 9.80 Å². The third-order valence-electron chi connectivity index (χ3n) is 5.78. The van der Waals surface area contributed by atoms with Gasteiger partial charge in [0.05, 0.1) is 23.8 Å². The zero-order valence-corrected chi connectivity index (χ0v) is 17.9. The van der Waals surface area contributed by atoms with Crippen molar-refractivity contribution in [3.05, 3.63) is 59.7 Å². The molecule has 0 aliphatic carbocycles. The third kappa shape index (κ3) is 6.39. The Morgan fingerprint density at radius 1 is 1.00 bits per heavy atom. The zero-order valence-electron chi connectivity index (χ0n) is 17.9. The zero-order chi connectivity index (χ0) is 22.3. The fraction of sp³-hybridized carbons (Fsp3) is 0.458. The minimum absolute atomic E-state index is 0.187. The van der Waals surface area contributed by atoms with Gasteiger partial charge in [-0.2, -0.15) is 14.0 Å². The Morgan fingerprint density at radius 2 is 1.66 bits per heavy atom. The lowest BCUT2D eigenvalue weighted by Gasteiger charge is -2.46. The van der Waals surface area contributed by atoms with Crippen LogP contribution in [0.1, 0.15) is 17.5 Å². The van der Waals surface area contributed by atoms with Gasteiger partial charge in [0.15, 0.2) is 0 Å². The molecule has 0 aromatic heterocycles. The van der Waals surface area contributed by atoms with Crippen LogP contribution < -0.4 is 10.1 Å². The van der Waals surface area contributed by atoms with Crippen LogP contribution in [0.25, 0.3) is 0 Å². The van der Waals surface area contributed by atoms with Gasteiger partial charge in [0.1, 0.15) is 5.75 Å². The highest BCUT2D eigenvalue weighted by Crippen LogP contribution is 2.22. The van der Waals surface area contributed by atoms with Crippen LogP contribution in [-0.4, -0.2) is 67.9 Å². The van der Waals surface area contributed by atoms with E-state index < -0.39 is 6.61 Å². The molecular weight excluding hydrogens is 414 g/mol. The van der Waals surface area contributed by atoms with E-state index in [1.165, 1.54) is 0 Å². The largest absolute Gasteiger partial charge is 0.435 e. The van der Waals surface area contributed by atoms with Gasteiger partial charge < -0.3 is 14.8 Å². The lowest BCUT2D eigenvalue weighted by molar-refractivity contribution is -0.140. The number of hydrogen-bond donors (Lipinski definition) is 1. The SMILES string of the molecule is N#Cc1ccc(NCCCN2CC3CN(Cc4ccc(OC(F)F)cc4)CC(C2)O3)cc1. The summed E-state index contributed by atoms with van der Waals surface area (Å²) in [5.41, 5.74) is 2.78. The first-order valence-electron chi connectivity index (χ1n) is 11.0. The Balaban J connectivity index is 1.18. The molecule has 32 heavy (non-hydrogen) atoms. The van der Waals surface area contributed by atoms with Gasteiger partial charge in [0.2, 0.25) is 0 Å². The van der Waals surface area contributed by atoms with Crippen molar-refractivity contribution in [3.63, 3.8) is 0 Å². The van der Waals surface area contributed by atoms with E-state index in [-0.39, 0.29) is 18.0 Å². The Hall–Kier alpha value is -2.73. The van der Waals surface area contributed by atoms with Crippen LogP contribution >= 0.6 is 0 Å². The molecule has 170 valence electrons. The first kappa shape index (κ1) is 22.5. The summed E-state index contributed by atoms with van der Waals surface area (Å²) in [4.78, 5) is 4.86. The van der Waals surface area contributed by atoms with Gasteiger partial charge in [-0.1, -0.05) is 12.1 Å². The lowest BCUT2D eigenvalue weighted by Crippen LogP contribution is -2.59. The number of rotatable bonds is 9. The molecule has 2 heterocycles. The van der Waals surface area contributed by atoms with Crippen LogP contribution in [0.3, 0.4) is 0 Å². The van der Waals surface area contributed by atoms with Crippen LogP contribution in [0.2, 0.25) is 0 Å². The van der Waals surface area contributed by atoms with Crippen molar-refractivity contribution in [2.75, 3.05) is 44.6 Å². The number of anilines is 1. The van der Waals surface area contributed by atoms with Crippen LogP contribution in [0.5, 0.6) is 5.75 Å².